The fourth-order valence-electron chi connectivity index (χ4n) is 3.28. The molecule has 2 saturated heterocycles. The molecule has 4 rings (SSSR count). The molecule has 1 amide bonds. The summed E-state index contributed by atoms with van der Waals surface area (Å²) >= 11 is 3.00. The molecular formula is C17H19N3O2S2. The Kier molecular flexibility index (Phi) is 4.45. The topological polar surface area (TPSA) is 62.3 Å². The summed E-state index contributed by atoms with van der Waals surface area (Å²) in [5.41, 5.74) is 1.01. The van der Waals surface area contributed by atoms with Crippen LogP contribution < -0.4 is 10.2 Å². The fraction of sp³-hybridized carbons (Fsp3) is 0.471. The quantitative estimate of drug-likeness (QED) is 0.911. The number of hydrogen-bond donors (Lipinski definition) is 1. The van der Waals surface area contributed by atoms with Gasteiger partial charge in [-0.1, -0.05) is 35.2 Å². The molecule has 2 aliphatic rings. The van der Waals surface area contributed by atoms with Crippen molar-refractivity contribution in [3.8, 4) is 0 Å². The fourth-order valence-corrected chi connectivity index (χ4v) is 5.21. The highest BCUT2D eigenvalue weighted by Crippen LogP contribution is 2.31. The Morgan fingerprint density at radius 3 is 2.96 bits per heavy atom. The van der Waals surface area contributed by atoms with Gasteiger partial charge in [0.25, 0.3) is 0 Å². The van der Waals surface area contributed by atoms with Gasteiger partial charge in [0.15, 0.2) is 5.13 Å². The van der Waals surface area contributed by atoms with Crippen LogP contribution in [0.4, 0.5) is 5.13 Å². The van der Waals surface area contributed by atoms with Crippen molar-refractivity contribution >= 4 is 49.5 Å². The van der Waals surface area contributed by atoms with Crippen LogP contribution >= 0.6 is 23.1 Å². The molecule has 2 unspecified atom stereocenters. The number of nitrogens with one attached hydrogen (secondary N) is 1. The van der Waals surface area contributed by atoms with Gasteiger partial charge in [0.2, 0.25) is 11.0 Å². The van der Waals surface area contributed by atoms with Gasteiger partial charge in [-0.15, -0.1) is 0 Å². The van der Waals surface area contributed by atoms with Gasteiger partial charge >= 0.3 is 0 Å². The molecule has 5 nitrogen and oxygen atoms in total. The zero-order chi connectivity index (χ0) is 16.5. The number of fused-ring (bicyclic) bond motifs is 1. The number of benzene rings is 1. The molecule has 0 saturated carbocycles. The molecule has 1 aromatic carbocycles. The molecule has 1 N–H and O–H groups in total. The Morgan fingerprint density at radius 2 is 2.17 bits per heavy atom. The molecule has 24 heavy (non-hydrogen) atoms. The van der Waals surface area contributed by atoms with Crippen molar-refractivity contribution in [1.82, 2.24) is 10.3 Å². The van der Waals surface area contributed by atoms with Gasteiger partial charge in [0.05, 0.1) is 22.2 Å². The highest BCUT2D eigenvalue weighted by molar-refractivity contribution is 8.14. The van der Waals surface area contributed by atoms with Crippen LogP contribution in [0.2, 0.25) is 0 Å². The van der Waals surface area contributed by atoms with E-state index in [1.807, 2.05) is 18.2 Å². The van der Waals surface area contributed by atoms with Crippen LogP contribution in [0.25, 0.3) is 10.2 Å². The van der Waals surface area contributed by atoms with E-state index in [9.17, 15) is 9.59 Å². The number of thiazole rings is 1. The number of nitrogens with zero attached hydrogens (tertiary/aromatic N) is 2. The summed E-state index contributed by atoms with van der Waals surface area (Å²) in [7, 11) is 0. The first-order chi connectivity index (χ1) is 11.7. The maximum Gasteiger partial charge on any atom is 0.225 e. The first-order valence-corrected chi connectivity index (χ1v) is 10.1. The largest absolute Gasteiger partial charge is 0.347 e. The molecule has 2 atom stereocenters. The molecule has 0 radical (unpaired) electrons. The van der Waals surface area contributed by atoms with E-state index >= 15 is 0 Å². The summed E-state index contributed by atoms with van der Waals surface area (Å²) < 4.78 is 1.17. The average Bonchev–Trinajstić information content (AvgIpc) is 3.21. The number of thioether (sulfide) groups is 1. The number of carbonyl (C=O) groups excluding carboxylic acids is 2. The number of hydrogen-bond acceptors (Lipinski definition) is 6. The molecule has 7 heteroatoms. The Morgan fingerprint density at radius 1 is 1.29 bits per heavy atom. The zero-order valence-electron chi connectivity index (χ0n) is 13.2. The Balaban J connectivity index is 1.45. The second-order valence-corrected chi connectivity index (χ2v) is 8.38. The van der Waals surface area contributed by atoms with Gasteiger partial charge in [-0.05, 0) is 31.4 Å². The highest BCUT2D eigenvalue weighted by atomic mass is 32.2. The predicted octanol–water partition coefficient (Wildman–Crippen LogP) is 2.66. The minimum absolute atomic E-state index is 0.0154. The number of para-hydroxylation sites is 1. The molecule has 1 aromatic heterocycles. The first-order valence-electron chi connectivity index (χ1n) is 8.28. The van der Waals surface area contributed by atoms with Crippen molar-refractivity contribution < 1.29 is 9.59 Å². The molecule has 0 aliphatic carbocycles. The Bertz CT molecular complexity index is 743. The average molecular weight is 361 g/mol. The number of rotatable bonds is 3. The lowest BCUT2D eigenvalue weighted by Gasteiger charge is -2.32. The van der Waals surface area contributed by atoms with E-state index in [0.717, 1.165) is 42.2 Å². The van der Waals surface area contributed by atoms with E-state index < -0.39 is 0 Å². The smallest absolute Gasteiger partial charge is 0.225 e. The highest BCUT2D eigenvalue weighted by Gasteiger charge is 2.32. The van der Waals surface area contributed by atoms with Gasteiger partial charge < -0.3 is 10.2 Å². The number of aromatic nitrogens is 1. The van der Waals surface area contributed by atoms with Gasteiger partial charge in [-0.2, -0.15) is 0 Å². The standard InChI is InChI=1S/C17H19N3O2S2/c21-15(18-13-7-9-23-16(13)22)11-4-3-8-20(10-11)17-19-12-5-1-2-6-14(12)24-17/h1-2,5-6,11,13H,3-4,7-10H2,(H,18,21). The summed E-state index contributed by atoms with van der Waals surface area (Å²) in [6.07, 6.45) is 2.60. The number of piperidine rings is 1. The molecular weight excluding hydrogens is 342 g/mol. The van der Waals surface area contributed by atoms with E-state index in [-0.39, 0.29) is 23.0 Å². The van der Waals surface area contributed by atoms with Crippen LogP contribution in [-0.2, 0) is 9.59 Å². The van der Waals surface area contributed by atoms with Crippen molar-refractivity contribution in [2.75, 3.05) is 23.7 Å². The van der Waals surface area contributed by atoms with Crippen LogP contribution in [0.1, 0.15) is 19.3 Å². The van der Waals surface area contributed by atoms with Crippen molar-refractivity contribution in [2.45, 2.75) is 25.3 Å². The van der Waals surface area contributed by atoms with Gasteiger partial charge in [-0.3, -0.25) is 9.59 Å². The summed E-state index contributed by atoms with van der Waals surface area (Å²) in [5.74, 6) is 0.762. The summed E-state index contributed by atoms with van der Waals surface area (Å²) in [4.78, 5) is 31.2. The summed E-state index contributed by atoms with van der Waals surface area (Å²) in [6.45, 7) is 1.61. The van der Waals surface area contributed by atoms with Crippen molar-refractivity contribution in [2.24, 2.45) is 5.92 Å². The van der Waals surface area contributed by atoms with Crippen molar-refractivity contribution in [3.05, 3.63) is 24.3 Å². The van der Waals surface area contributed by atoms with Crippen LogP contribution in [-0.4, -0.2) is 40.9 Å². The molecule has 3 heterocycles. The van der Waals surface area contributed by atoms with Crippen LogP contribution in [0.15, 0.2) is 24.3 Å². The second-order valence-electron chi connectivity index (χ2n) is 6.27. The maximum atomic E-state index is 12.5. The monoisotopic (exact) mass is 361 g/mol. The lowest BCUT2D eigenvalue weighted by Crippen LogP contribution is -2.47. The zero-order valence-corrected chi connectivity index (χ0v) is 14.9. The van der Waals surface area contributed by atoms with Gasteiger partial charge in [0, 0.05) is 18.8 Å². The third-order valence-corrected chi connectivity index (χ3v) is 6.70. The van der Waals surface area contributed by atoms with Crippen LogP contribution in [0, 0.1) is 5.92 Å². The van der Waals surface area contributed by atoms with Crippen LogP contribution in [0.3, 0.4) is 0 Å². The van der Waals surface area contributed by atoms with E-state index in [1.54, 1.807) is 11.3 Å². The lowest BCUT2D eigenvalue weighted by atomic mass is 9.97. The molecule has 0 spiro atoms. The van der Waals surface area contributed by atoms with E-state index in [0.29, 0.717) is 6.54 Å². The van der Waals surface area contributed by atoms with Crippen LogP contribution in [0.5, 0.6) is 0 Å². The van der Waals surface area contributed by atoms with Gasteiger partial charge in [0.1, 0.15) is 0 Å². The molecule has 2 aliphatic heterocycles. The maximum absolute atomic E-state index is 12.5. The minimum Gasteiger partial charge on any atom is -0.347 e. The predicted molar refractivity (Wildman–Crippen MR) is 98.6 cm³/mol. The molecule has 2 fully saturated rings. The third-order valence-electron chi connectivity index (χ3n) is 4.60. The molecule has 2 aromatic rings. The molecule has 0 bridgehead atoms. The third kappa shape index (κ3) is 3.15. The number of carbonyl (C=O) groups is 2. The van der Waals surface area contributed by atoms with E-state index in [4.69, 9.17) is 4.98 Å². The number of anilines is 1. The Labute approximate surface area is 148 Å². The normalized spacial score (nSPS) is 24.5. The first kappa shape index (κ1) is 15.9. The van der Waals surface area contributed by atoms with E-state index in [1.165, 1.54) is 16.5 Å². The van der Waals surface area contributed by atoms with E-state index in [2.05, 4.69) is 16.3 Å². The SMILES string of the molecule is O=C(NC1CCSC1=O)C1CCCN(c2nc3ccccc3s2)C1. The summed E-state index contributed by atoms with van der Waals surface area (Å²) in [5, 5.41) is 4.03. The summed E-state index contributed by atoms with van der Waals surface area (Å²) in [6, 6.07) is 7.82. The van der Waals surface area contributed by atoms with Crippen molar-refractivity contribution in [3.63, 3.8) is 0 Å². The lowest BCUT2D eigenvalue weighted by molar-refractivity contribution is -0.128. The van der Waals surface area contributed by atoms with Crippen molar-refractivity contribution in [1.29, 1.82) is 0 Å². The second kappa shape index (κ2) is 6.72. The number of amides is 1. The Hall–Kier alpha value is -1.60. The molecule has 126 valence electrons. The van der Waals surface area contributed by atoms with Gasteiger partial charge in [-0.25, -0.2) is 4.98 Å². The minimum atomic E-state index is -0.291.